The number of aliphatic hydroxyl groups excluding tert-OH is 9. The lowest BCUT2D eigenvalue weighted by atomic mass is 9.83. The van der Waals surface area contributed by atoms with E-state index in [9.17, 15) is 70.6 Å². The molecule has 0 aromatic carbocycles. The highest BCUT2D eigenvalue weighted by molar-refractivity contribution is 5.90. The van der Waals surface area contributed by atoms with Crippen molar-refractivity contribution in [1.29, 1.82) is 0 Å². The fourth-order valence-electron chi connectivity index (χ4n) is 9.67. The standard InChI is InChI=1S/C53H93N3O17/c1-30(14-12-10-8-9-11-13-21-56-52(54)55)22-34(5)50-33(4)16-19-41(59)35(6)43(61)24-37(57)23-38(71-49(68)28-47(65)66)25-39-26-45(63)51(69)53(70,73-39)29-46(64)32(3)15-18-40(58)36(7)44(62)27-42(60)31(2)17-20-48(67)72-50/h8-9,16-17,19-20,30-46,50-51,57-64,69-70H,10-15,18,21-29H2,1-7H3,(H,65,66)(H4,54,55,56)/b9-8+,19-16+,20-17+/t30-,31?,32?,33?,34-,35?,36?,37?,38?,39?,40?,41?,42?,43?,44?,45?,46?,50?,51?,53?/m0/s1. The molecule has 422 valence electrons. The number of allylic oxidation sites excluding steroid dienone is 2. The third-order valence-electron chi connectivity index (χ3n) is 14.7. The summed E-state index contributed by atoms with van der Waals surface area (Å²) in [5.41, 5.74) is 10.8. The van der Waals surface area contributed by atoms with Gasteiger partial charge in [0, 0.05) is 68.4 Å². The van der Waals surface area contributed by atoms with E-state index in [1.807, 2.05) is 13.8 Å². The van der Waals surface area contributed by atoms with Crippen LogP contribution in [0.2, 0.25) is 0 Å². The Labute approximate surface area is 432 Å². The van der Waals surface area contributed by atoms with Crippen molar-refractivity contribution in [3.8, 4) is 0 Å². The van der Waals surface area contributed by atoms with Crippen LogP contribution in [0.3, 0.4) is 0 Å². The van der Waals surface area contributed by atoms with Crippen molar-refractivity contribution in [3.05, 3.63) is 36.5 Å². The Balaban J connectivity index is 2.42. The summed E-state index contributed by atoms with van der Waals surface area (Å²) in [5, 5.41) is 121. The molecule has 0 saturated carbocycles. The summed E-state index contributed by atoms with van der Waals surface area (Å²) >= 11 is 0. The van der Waals surface area contributed by atoms with Gasteiger partial charge in [-0.3, -0.25) is 14.6 Å². The van der Waals surface area contributed by atoms with Gasteiger partial charge in [-0.05, 0) is 69.1 Å². The van der Waals surface area contributed by atoms with E-state index in [1.54, 1.807) is 33.8 Å². The number of nitrogens with zero attached hydrogens (tertiary/aromatic N) is 1. The summed E-state index contributed by atoms with van der Waals surface area (Å²) in [5.74, 6) is -8.90. The molecular weight excluding hydrogens is 951 g/mol. The van der Waals surface area contributed by atoms with E-state index in [0.717, 1.165) is 32.1 Å². The first kappa shape index (κ1) is 65.6. The average Bonchev–Trinajstić information content (AvgIpc) is 3.30. The van der Waals surface area contributed by atoms with Crippen LogP contribution in [-0.2, 0) is 28.6 Å². The highest BCUT2D eigenvalue weighted by atomic mass is 16.7. The van der Waals surface area contributed by atoms with Crippen LogP contribution in [0.1, 0.15) is 145 Å². The van der Waals surface area contributed by atoms with Crippen molar-refractivity contribution in [2.24, 2.45) is 57.9 Å². The summed E-state index contributed by atoms with van der Waals surface area (Å²) in [6.07, 6.45) is -2.69. The van der Waals surface area contributed by atoms with Crippen LogP contribution in [0.25, 0.3) is 0 Å². The second-order valence-electron chi connectivity index (χ2n) is 21.4. The van der Waals surface area contributed by atoms with Crippen LogP contribution in [0, 0.1) is 41.4 Å². The highest BCUT2D eigenvalue weighted by Crippen LogP contribution is 2.36. The maximum absolute atomic E-state index is 13.5. The molecule has 0 amide bonds. The summed E-state index contributed by atoms with van der Waals surface area (Å²) in [7, 11) is 0. The maximum atomic E-state index is 13.5. The zero-order chi connectivity index (χ0) is 55.2. The Hall–Kier alpha value is -3.54. The van der Waals surface area contributed by atoms with Crippen molar-refractivity contribution >= 4 is 23.9 Å². The van der Waals surface area contributed by atoms with Crippen molar-refractivity contribution in [1.82, 2.24) is 0 Å². The molecule has 0 aliphatic carbocycles. The maximum Gasteiger partial charge on any atom is 0.330 e. The van der Waals surface area contributed by atoms with Crippen LogP contribution in [0.4, 0.5) is 0 Å². The Kier molecular flexibility index (Phi) is 29.5. The third-order valence-corrected chi connectivity index (χ3v) is 14.7. The SMILES string of the molecule is CC1/C=C/C(=O)OC([C@@H](C)C[C@@H](C)CCC/C=C/CCCN=C(N)N)C(C)/C=C/C(O)C(C)C(O)CC(O)CC(OC(=O)CC(=O)O)CC2CC(O)C(O)C(O)(CC(O)C(C)CCC(O)C(C)C(O)CC1O)O2. The van der Waals surface area contributed by atoms with Crippen LogP contribution in [-0.4, -0.2) is 166 Å². The molecule has 1 saturated heterocycles. The molecule has 2 rings (SSSR count). The van der Waals surface area contributed by atoms with Gasteiger partial charge in [0.1, 0.15) is 24.7 Å². The van der Waals surface area contributed by atoms with Crippen molar-refractivity contribution in [2.75, 3.05) is 6.54 Å². The largest absolute Gasteiger partial charge is 0.481 e. The molecular formula is C53H93N3O17. The van der Waals surface area contributed by atoms with Gasteiger partial charge < -0.3 is 81.8 Å². The van der Waals surface area contributed by atoms with Crippen molar-refractivity contribution in [2.45, 2.75) is 224 Å². The molecule has 0 aromatic rings. The Morgan fingerprint density at radius 3 is 2.07 bits per heavy atom. The number of fused-ring (bicyclic) bond motifs is 2. The smallest absolute Gasteiger partial charge is 0.330 e. The number of aliphatic carboxylic acids is 1. The summed E-state index contributed by atoms with van der Waals surface area (Å²) < 4.78 is 17.4. The fraction of sp³-hybridized carbons (Fsp3) is 0.811. The van der Waals surface area contributed by atoms with E-state index >= 15 is 0 Å². The summed E-state index contributed by atoms with van der Waals surface area (Å²) in [6, 6.07) is 0. The molecule has 0 aromatic heterocycles. The van der Waals surface area contributed by atoms with Crippen LogP contribution < -0.4 is 11.5 Å². The molecule has 73 heavy (non-hydrogen) atoms. The molecule has 15 N–H and O–H groups in total. The number of aliphatic imine (C=N–C) groups is 1. The quantitative estimate of drug-likeness (QED) is 0.0297. The molecule has 20 heteroatoms. The van der Waals surface area contributed by atoms with Gasteiger partial charge in [-0.1, -0.05) is 85.3 Å². The molecule has 2 heterocycles. The number of carboxylic acids is 1. The predicted molar refractivity (Wildman–Crippen MR) is 273 cm³/mol. The number of carboxylic acid groups (broad SMARTS) is 1. The summed E-state index contributed by atoms with van der Waals surface area (Å²) in [6.45, 7) is 13.0. The first-order chi connectivity index (χ1) is 34.1. The van der Waals surface area contributed by atoms with E-state index in [2.05, 4.69) is 24.1 Å². The van der Waals surface area contributed by atoms with Crippen molar-refractivity contribution < 1.29 is 84.8 Å². The number of unbranched alkanes of at least 4 members (excludes halogenated alkanes) is 2. The van der Waals surface area contributed by atoms with Gasteiger partial charge in [-0.15, -0.1) is 0 Å². The van der Waals surface area contributed by atoms with E-state index in [-0.39, 0.29) is 62.7 Å². The number of hydrogen-bond acceptors (Lipinski definition) is 17. The normalized spacial score (nSPS) is 38.3. The molecule has 1 fully saturated rings. The average molecular weight is 1040 g/mol. The number of guanidine groups is 1. The minimum Gasteiger partial charge on any atom is -0.481 e. The van der Waals surface area contributed by atoms with Crippen LogP contribution in [0.15, 0.2) is 41.4 Å². The minimum absolute atomic E-state index is 0.0758. The van der Waals surface area contributed by atoms with E-state index < -0.39 is 139 Å². The monoisotopic (exact) mass is 1040 g/mol. The minimum atomic E-state index is -2.52. The zero-order valence-corrected chi connectivity index (χ0v) is 44.2. The number of carbonyl (C=O) groups is 3. The van der Waals surface area contributed by atoms with Gasteiger partial charge in [0.15, 0.2) is 11.7 Å². The van der Waals surface area contributed by atoms with Gasteiger partial charge in [0.2, 0.25) is 0 Å². The molecule has 2 bridgehead atoms. The number of ether oxygens (including phenoxy) is 3. The zero-order valence-electron chi connectivity index (χ0n) is 44.2. The fourth-order valence-corrected chi connectivity index (χ4v) is 9.67. The molecule has 18 unspecified atom stereocenters. The number of hydrogen-bond donors (Lipinski definition) is 13. The molecule has 0 radical (unpaired) electrons. The first-order valence-electron chi connectivity index (χ1n) is 26.3. The summed E-state index contributed by atoms with van der Waals surface area (Å²) in [4.78, 5) is 41.4. The lowest BCUT2D eigenvalue weighted by molar-refractivity contribution is -0.333. The van der Waals surface area contributed by atoms with Gasteiger partial charge in [0.25, 0.3) is 0 Å². The third kappa shape index (κ3) is 24.3. The van der Waals surface area contributed by atoms with Crippen LogP contribution >= 0.6 is 0 Å². The second-order valence-corrected chi connectivity index (χ2v) is 21.4. The van der Waals surface area contributed by atoms with Gasteiger partial charge in [0.05, 0.1) is 54.9 Å². The second kappa shape index (κ2) is 32.8. The molecule has 0 spiro atoms. The lowest BCUT2D eigenvalue weighted by Gasteiger charge is -2.45. The number of aliphatic hydroxyl groups is 10. The number of cyclic esters (lactones) is 1. The number of esters is 2. The topological polar surface area (TPSA) is 366 Å². The Morgan fingerprint density at radius 2 is 1.42 bits per heavy atom. The van der Waals surface area contributed by atoms with Crippen molar-refractivity contribution in [3.63, 3.8) is 0 Å². The first-order valence-corrected chi connectivity index (χ1v) is 26.3. The van der Waals surface area contributed by atoms with E-state index in [0.29, 0.717) is 13.0 Å². The van der Waals surface area contributed by atoms with Gasteiger partial charge >= 0.3 is 17.9 Å². The molecule has 2 aliphatic heterocycles. The lowest BCUT2D eigenvalue weighted by Crippen LogP contribution is -2.60. The Morgan fingerprint density at radius 1 is 0.781 bits per heavy atom. The van der Waals surface area contributed by atoms with E-state index in [1.165, 1.54) is 18.2 Å². The molecule has 2 aliphatic rings. The number of nitrogens with two attached hydrogens (primary N) is 2. The molecule has 20 atom stereocenters. The number of rotatable bonds is 14. The van der Waals surface area contributed by atoms with Gasteiger partial charge in [-0.25, -0.2) is 4.79 Å². The van der Waals surface area contributed by atoms with Gasteiger partial charge in [-0.2, -0.15) is 0 Å². The molecule has 20 nitrogen and oxygen atoms in total. The number of carbonyl (C=O) groups excluding carboxylic acids is 2. The van der Waals surface area contributed by atoms with E-state index in [4.69, 9.17) is 25.7 Å². The Bertz CT molecular complexity index is 1750. The highest BCUT2D eigenvalue weighted by Gasteiger charge is 2.50. The predicted octanol–water partition coefficient (Wildman–Crippen LogP) is 2.49. The van der Waals surface area contributed by atoms with Crippen LogP contribution in [0.5, 0.6) is 0 Å².